The van der Waals surface area contributed by atoms with Gasteiger partial charge in [0.25, 0.3) is 0 Å². The lowest BCUT2D eigenvalue weighted by molar-refractivity contribution is 1.14. The van der Waals surface area contributed by atoms with Crippen molar-refractivity contribution in [3.8, 4) is 6.07 Å². The van der Waals surface area contributed by atoms with E-state index in [0.717, 1.165) is 14.7 Å². The average molecular weight is 270 g/mol. The summed E-state index contributed by atoms with van der Waals surface area (Å²) in [6.07, 6.45) is 0. The van der Waals surface area contributed by atoms with Gasteiger partial charge in [0, 0.05) is 3.57 Å². The predicted octanol–water partition coefficient (Wildman–Crippen LogP) is 3.13. The van der Waals surface area contributed by atoms with E-state index in [1.54, 1.807) is 0 Å². The van der Waals surface area contributed by atoms with Crippen molar-refractivity contribution >= 4 is 22.6 Å². The second-order valence-electron chi connectivity index (χ2n) is 2.84. The van der Waals surface area contributed by atoms with E-state index in [1.807, 2.05) is 26.0 Å². The second-order valence-corrected chi connectivity index (χ2v) is 4.09. The molecule has 1 rings (SSSR count). The van der Waals surface area contributed by atoms with Gasteiger partial charge in [0.2, 0.25) is 0 Å². The van der Waals surface area contributed by atoms with Crippen molar-refractivity contribution in [1.82, 2.24) is 0 Å². The van der Waals surface area contributed by atoms with Crippen LogP contribution >= 0.6 is 22.6 Å². The van der Waals surface area contributed by atoms with Gasteiger partial charge >= 0.3 is 0 Å². The van der Waals surface area contributed by atoms with E-state index in [9.17, 15) is 0 Å². The van der Waals surface area contributed by atoms with E-state index in [2.05, 4.69) is 34.7 Å². The number of rotatable bonds is 1. The van der Waals surface area contributed by atoms with Gasteiger partial charge in [-0.05, 0) is 52.3 Å². The molecule has 0 fully saturated rings. The number of hydrogen-bond donors (Lipinski definition) is 0. The van der Waals surface area contributed by atoms with Crippen LogP contribution in [0.1, 0.15) is 25.0 Å². The number of benzene rings is 1. The minimum atomic E-state index is 0.734. The molecule has 0 aromatic heterocycles. The van der Waals surface area contributed by atoms with Crippen LogP contribution in [-0.2, 0) is 0 Å². The molecule has 0 aliphatic heterocycles. The highest BCUT2D eigenvalue weighted by atomic mass is 127. The van der Waals surface area contributed by atoms with Gasteiger partial charge in [-0.15, -0.1) is 0 Å². The monoisotopic (exact) mass is 270 g/mol. The van der Waals surface area contributed by atoms with Crippen molar-refractivity contribution in [1.29, 1.82) is 5.26 Å². The predicted molar refractivity (Wildman–Crippen MR) is 57.6 cm³/mol. The van der Waals surface area contributed by atoms with E-state index < -0.39 is 0 Å². The van der Waals surface area contributed by atoms with E-state index in [1.165, 1.54) is 5.92 Å². The molecule has 1 nitrogen and oxygen atoms in total. The number of hydrogen-bond acceptors (Lipinski definition) is 1. The smallest absolute Gasteiger partial charge is 0.0992 e. The zero-order valence-corrected chi connectivity index (χ0v) is 9.21. The zero-order valence-electron chi connectivity index (χ0n) is 7.06. The van der Waals surface area contributed by atoms with E-state index >= 15 is 0 Å². The van der Waals surface area contributed by atoms with Crippen LogP contribution in [0, 0.1) is 20.8 Å². The van der Waals surface area contributed by atoms with Crippen LogP contribution in [0.4, 0.5) is 0 Å². The van der Waals surface area contributed by atoms with Crippen molar-refractivity contribution in [2.45, 2.75) is 13.8 Å². The van der Waals surface area contributed by atoms with Crippen LogP contribution in [0.2, 0.25) is 0 Å². The van der Waals surface area contributed by atoms with Gasteiger partial charge in [0.05, 0.1) is 11.6 Å². The molecule has 0 spiro atoms. The molecule has 1 aromatic rings. The lowest BCUT2D eigenvalue weighted by atomic mass is 10.0. The summed E-state index contributed by atoms with van der Waals surface area (Å²) < 4.78 is 1.11. The van der Waals surface area contributed by atoms with Crippen LogP contribution < -0.4 is 0 Å². The molecule has 0 N–H and O–H groups in total. The lowest BCUT2D eigenvalue weighted by Gasteiger charge is -2.05. The summed E-state index contributed by atoms with van der Waals surface area (Å²) in [5.74, 6) is 1.24. The summed E-state index contributed by atoms with van der Waals surface area (Å²) in [6.45, 7) is 4.10. The topological polar surface area (TPSA) is 23.8 Å². The largest absolute Gasteiger partial charge is 0.192 e. The Bertz CT molecular complexity index is 323. The Morgan fingerprint density at radius 1 is 1.33 bits per heavy atom. The molecule has 0 saturated heterocycles. The van der Waals surface area contributed by atoms with Crippen LogP contribution in [0.15, 0.2) is 18.2 Å². The summed E-state index contributed by atoms with van der Waals surface area (Å²) in [5, 5.41) is 8.71. The van der Waals surface area contributed by atoms with E-state index in [-0.39, 0.29) is 0 Å². The summed E-state index contributed by atoms with van der Waals surface area (Å²) in [4.78, 5) is 0. The highest BCUT2D eigenvalue weighted by Gasteiger charge is 2.02. The van der Waals surface area contributed by atoms with Gasteiger partial charge < -0.3 is 0 Å². The van der Waals surface area contributed by atoms with Gasteiger partial charge in [-0.3, -0.25) is 0 Å². The summed E-state index contributed by atoms with van der Waals surface area (Å²) in [5.41, 5.74) is 1.89. The molecule has 0 aliphatic rings. The maximum atomic E-state index is 8.71. The first-order valence-electron chi connectivity index (χ1n) is 3.64. The maximum absolute atomic E-state index is 8.71. The lowest BCUT2D eigenvalue weighted by Crippen LogP contribution is -1.90. The van der Waals surface area contributed by atoms with Crippen molar-refractivity contribution in [2.24, 2.45) is 0 Å². The fourth-order valence-electron chi connectivity index (χ4n) is 0.943. The summed E-state index contributed by atoms with van der Waals surface area (Å²) in [6, 6.07) is 8.02. The first kappa shape index (κ1) is 9.53. The highest BCUT2D eigenvalue weighted by molar-refractivity contribution is 14.1. The average Bonchev–Trinajstić information content (AvgIpc) is 2.03. The number of nitrogens with zero attached hydrogens (tertiary/aromatic N) is 1. The SMILES string of the molecule is C[C](C)c1cc(I)cc(C#N)c1. The standard InChI is InChI=1S/C10H9IN/c1-7(2)9-3-8(6-12)4-10(11)5-9/h3-5H,1-2H3. The fourth-order valence-corrected chi connectivity index (χ4v) is 1.61. The van der Waals surface area contributed by atoms with Gasteiger partial charge in [-0.25, -0.2) is 0 Å². The Kier molecular flexibility index (Phi) is 3.10. The normalized spacial score (nSPS) is 9.92. The molecule has 0 amide bonds. The molecule has 12 heavy (non-hydrogen) atoms. The van der Waals surface area contributed by atoms with E-state index in [0.29, 0.717) is 0 Å². The Balaban J connectivity index is 3.17. The Morgan fingerprint density at radius 3 is 2.50 bits per heavy atom. The third kappa shape index (κ3) is 2.21. The Morgan fingerprint density at radius 2 is 2.00 bits per heavy atom. The molecule has 61 valence electrons. The molecule has 0 saturated carbocycles. The number of nitriles is 1. The molecular formula is C10H9IN. The molecule has 0 unspecified atom stereocenters. The highest BCUT2D eigenvalue weighted by Crippen LogP contribution is 2.18. The summed E-state index contributed by atoms with van der Waals surface area (Å²) >= 11 is 2.22. The van der Waals surface area contributed by atoms with Crippen molar-refractivity contribution < 1.29 is 0 Å². The van der Waals surface area contributed by atoms with Crippen molar-refractivity contribution in [2.75, 3.05) is 0 Å². The quantitative estimate of drug-likeness (QED) is 0.719. The maximum Gasteiger partial charge on any atom is 0.0992 e. The van der Waals surface area contributed by atoms with Gasteiger partial charge in [-0.2, -0.15) is 5.26 Å². The molecule has 0 heterocycles. The molecule has 0 aliphatic carbocycles. The Labute approximate surface area is 86.5 Å². The molecule has 0 atom stereocenters. The second kappa shape index (κ2) is 3.90. The third-order valence-electron chi connectivity index (χ3n) is 1.60. The molecule has 2 heteroatoms. The first-order valence-corrected chi connectivity index (χ1v) is 4.72. The minimum Gasteiger partial charge on any atom is -0.192 e. The fraction of sp³-hybridized carbons (Fsp3) is 0.200. The molecular weight excluding hydrogens is 261 g/mol. The minimum absolute atomic E-state index is 0.734. The molecule has 1 radical (unpaired) electrons. The van der Waals surface area contributed by atoms with Crippen LogP contribution in [0.25, 0.3) is 0 Å². The van der Waals surface area contributed by atoms with Gasteiger partial charge in [-0.1, -0.05) is 13.8 Å². The number of halogens is 1. The van der Waals surface area contributed by atoms with Crippen molar-refractivity contribution in [3.63, 3.8) is 0 Å². The third-order valence-corrected chi connectivity index (χ3v) is 2.23. The first-order chi connectivity index (χ1) is 5.63. The van der Waals surface area contributed by atoms with Gasteiger partial charge in [0.15, 0.2) is 0 Å². The zero-order chi connectivity index (χ0) is 9.14. The molecule has 0 bridgehead atoms. The van der Waals surface area contributed by atoms with Crippen LogP contribution in [0.3, 0.4) is 0 Å². The van der Waals surface area contributed by atoms with Crippen LogP contribution in [0.5, 0.6) is 0 Å². The van der Waals surface area contributed by atoms with Gasteiger partial charge in [0.1, 0.15) is 0 Å². The van der Waals surface area contributed by atoms with E-state index in [4.69, 9.17) is 5.26 Å². The van der Waals surface area contributed by atoms with Crippen molar-refractivity contribution in [3.05, 3.63) is 38.8 Å². The summed E-state index contributed by atoms with van der Waals surface area (Å²) in [7, 11) is 0. The Hall–Kier alpha value is -0.560. The van der Waals surface area contributed by atoms with Crippen LogP contribution in [-0.4, -0.2) is 0 Å². The molecule has 1 aromatic carbocycles.